The minimum atomic E-state index is -0.148. The van der Waals surface area contributed by atoms with Crippen molar-refractivity contribution in [3.63, 3.8) is 0 Å². The van der Waals surface area contributed by atoms with Gasteiger partial charge in [0.1, 0.15) is 18.2 Å². The average Bonchev–Trinajstić information content (AvgIpc) is 2.79. The zero-order valence-electron chi connectivity index (χ0n) is 17.9. The van der Waals surface area contributed by atoms with Crippen LogP contribution in [0.15, 0.2) is 67.3 Å². The fourth-order valence-electron chi connectivity index (χ4n) is 4.87. The van der Waals surface area contributed by atoms with Crippen LogP contribution in [0.1, 0.15) is 56.9 Å². The van der Waals surface area contributed by atoms with Crippen LogP contribution < -0.4 is 4.74 Å². The summed E-state index contributed by atoms with van der Waals surface area (Å²) in [5.41, 5.74) is 2.86. The summed E-state index contributed by atoms with van der Waals surface area (Å²) < 4.78 is 20.8. The molecule has 0 atom stereocenters. The molecular formula is C28H31FO. The van der Waals surface area contributed by atoms with Crippen molar-refractivity contribution in [2.45, 2.75) is 51.4 Å². The van der Waals surface area contributed by atoms with Crippen molar-refractivity contribution in [3.05, 3.63) is 78.6 Å². The van der Waals surface area contributed by atoms with Crippen LogP contribution in [0.4, 0.5) is 4.39 Å². The molecule has 2 heteroatoms. The third-order valence-corrected chi connectivity index (χ3v) is 6.53. The molecule has 0 amide bonds. The second kappa shape index (κ2) is 9.47. The lowest BCUT2D eigenvalue weighted by atomic mass is 9.77. The van der Waals surface area contributed by atoms with E-state index in [1.165, 1.54) is 44.1 Å². The molecule has 1 saturated carbocycles. The summed E-state index contributed by atoms with van der Waals surface area (Å²) in [6, 6.07) is 17.9. The number of fused-ring (bicyclic) bond motifs is 1. The predicted octanol–water partition coefficient (Wildman–Crippen LogP) is 8.28. The second-order valence-corrected chi connectivity index (χ2v) is 8.54. The van der Waals surface area contributed by atoms with Crippen LogP contribution >= 0.6 is 0 Å². The van der Waals surface area contributed by atoms with Gasteiger partial charge >= 0.3 is 0 Å². The molecular weight excluding hydrogens is 371 g/mol. The molecule has 156 valence electrons. The summed E-state index contributed by atoms with van der Waals surface area (Å²) >= 11 is 0. The summed E-state index contributed by atoms with van der Waals surface area (Å²) in [4.78, 5) is 0. The van der Waals surface area contributed by atoms with Crippen LogP contribution in [0.2, 0.25) is 0 Å². The van der Waals surface area contributed by atoms with E-state index in [4.69, 9.17) is 4.74 Å². The number of ether oxygens (including phenoxy) is 1. The van der Waals surface area contributed by atoms with Crippen LogP contribution in [-0.2, 0) is 0 Å². The molecule has 3 aromatic carbocycles. The molecule has 1 aliphatic carbocycles. The Kier molecular flexibility index (Phi) is 6.52. The van der Waals surface area contributed by atoms with Crippen molar-refractivity contribution < 1.29 is 9.13 Å². The van der Waals surface area contributed by atoms with Gasteiger partial charge in [-0.2, -0.15) is 0 Å². The Morgan fingerprint density at radius 2 is 1.77 bits per heavy atom. The van der Waals surface area contributed by atoms with Gasteiger partial charge in [0.05, 0.1) is 0 Å². The third kappa shape index (κ3) is 4.43. The van der Waals surface area contributed by atoms with E-state index in [-0.39, 0.29) is 5.82 Å². The number of hydrogen-bond donors (Lipinski definition) is 0. The predicted molar refractivity (Wildman–Crippen MR) is 125 cm³/mol. The third-order valence-electron chi connectivity index (χ3n) is 6.53. The highest BCUT2D eigenvalue weighted by Gasteiger charge is 2.22. The SMILES string of the molecule is C=CCOc1ccc(-c2ccc3cc([C@H]4CC[C@H](CCC)CC4)ccc3c2F)cc1. The summed E-state index contributed by atoms with van der Waals surface area (Å²) in [5, 5.41) is 1.69. The van der Waals surface area contributed by atoms with E-state index in [9.17, 15) is 0 Å². The lowest BCUT2D eigenvalue weighted by molar-refractivity contribution is 0.308. The molecule has 1 nitrogen and oxygen atoms in total. The van der Waals surface area contributed by atoms with E-state index >= 15 is 4.39 Å². The lowest BCUT2D eigenvalue weighted by Gasteiger charge is -2.28. The van der Waals surface area contributed by atoms with E-state index in [1.54, 1.807) is 6.08 Å². The van der Waals surface area contributed by atoms with E-state index in [2.05, 4.69) is 31.7 Å². The van der Waals surface area contributed by atoms with E-state index < -0.39 is 0 Å². The van der Waals surface area contributed by atoms with E-state index in [0.717, 1.165) is 22.6 Å². The minimum Gasteiger partial charge on any atom is -0.490 e. The number of benzene rings is 3. The number of hydrogen-bond acceptors (Lipinski definition) is 1. The molecule has 3 aromatic rings. The van der Waals surface area contributed by atoms with Crippen molar-refractivity contribution in [2.75, 3.05) is 6.61 Å². The molecule has 1 fully saturated rings. The van der Waals surface area contributed by atoms with Gasteiger partial charge in [-0.3, -0.25) is 0 Å². The molecule has 0 bridgehead atoms. The van der Waals surface area contributed by atoms with Crippen molar-refractivity contribution >= 4 is 10.8 Å². The van der Waals surface area contributed by atoms with Gasteiger partial charge in [-0.15, -0.1) is 0 Å². The standard InChI is InChI=1S/C28H31FO/c1-3-5-20-6-8-21(9-7-20)23-12-16-27-24(19-23)13-17-26(28(27)29)22-10-14-25(15-11-22)30-18-4-2/h4,10-17,19-21H,2-3,5-9,18H2,1H3/t20-,21-. The van der Waals surface area contributed by atoms with Crippen LogP contribution in [0.5, 0.6) is 5.75 Å². The monoisotopic (exact) mass is 402 g/mol. The molecule has 30 heavy (non-hydrogen) atoms. The normalized spacial score (nSPS) is 19.0. The quantitative estimate of drug-likeness (QED) is 0.361. The Morgan fingerprint density at radius 3 is 2.47 bits per heavy atom. The lowest BCUT2D eigenvalue weighted by Crippen LogP contribution is -2.13. The van der Waals surface area contributed by atoms with Crippen molar-refractivity contribution in [3.8, 4) is 16.9 Å². The molecule has 0 heterocycles. The van der Waals surface area contributed by atoms with Gasteiger partial charge in [0, 0.05) is 10.9 Å². The molecule has 0 spiro atoms. The number of halogens is 1. The Hall–Kier alpha value is -2.61. The van der Waals surface area contributed by atoms with Crippen LogP contribution in [-0.4, -0.2) is 6.61 Å². The molecule has 0 aliphatic heterocycles. The maximum Gasteiger partial charge on any atom is 0.138 e. The van der Waals surface area contributed by atoms with Gasteiger partial charge in [-0.05, 0) is 66.2 Å². The topological polar surface area (TPSA) is 9.23 Å². The fraction of sp³-hybridized carbons (Fsp3) is 0.357. The first-order valence-corrected chi connectivity index (χ1v) is 11.3. The molecule has 1 aliphatic rings. The second-order valence-electron chi connectivity index (χ2n) is 8.54. The first kappa shape index (κ1) is 20.7. The molecule has 0 saturated heterocycles. The smallest absolute Gasteiger partial charge is 0.138 e. The van der Waals surface area contributed by atoms with Crippen LogP contribution in [0, 0.1) is 11.7 Å². The maximum absolute atomic E-state index is 15.3. The van der Waals surface area contributed by atoms with Gasteiger partial charge in [0.2, 0.25) is 0 Å². The maximum atomic E-state index is 15.3. The van der Waals surface area contributed by atoms with Crippen molar-refractivity contribution in [2.24, 2.45) is 5.92 Å². The molecule has 4 rings (SSSR count). The Balaban J connectivity index is 1.55. The summed E-state index contributed by atoms with van der Waals surface area (Å²) in [6.45, 7) is 6.40. The van der Waals surface area contributed by atoms with E-state index in [0.29, 0.717) is 23.5 Å². The average molecular weight is 403 g/mol. The minimum absolute atomic E-state index is 0.148. The molecule has 0 aromatic heterocycles. The molecule has 0 radical (unpaired) electrons. The first-order valence-electron chi connectivity index (χ1n) is 11.3. The highest BCUT2D eigenvalue weighted by molar-refractivity contribution is 5.89. The van der Waals surface area contributed by atoms with Crippen molar-refractivity contribution in [1.82, 2.24) is 0 Å². The fourth-order valence-corrected chi connectivity index (χ4v) is 4.87. The zero-order valence-corrected chi connectivity index (χ0v) is 17.9. The van der Waals surface area contributed by atoms with E-state index in [1.807, 2.05) is 36.4 Å². The van der Waals surface area contributed by atoms with Crippen LogP contribution in [0.3, 0.4) is 0 Å². The Morgan fingerprint density at radius 1 is 1.00 bits per heavy atom. The highest BCUT2D eigenvalue weighted by atomic mass is 19.1. The largest absolute Gasteiger partial charge is 0.490 e. The molecule has 0 N–H and O–H groups in total. The van der Waals surface area contributed by atoms with Gasteiger partial charge in [-0.1, -0.05) is 74.9 Å². The Labute approximate surface area is 179 Å². The van der Waals surface area contributed by atoms with Gasteiger partial charge in [0.15, 0.2) is 0 Å². The Bertz CT molecular complexity index is 997. The zero-order chi connectivity index (χ0) is 20.9. The van der Waals surface area contributed by atoms with Gasteiger partial charge in [-0.25, -0.2) is 4.39 Å². The summed E-state index contributed by atoms with van der Waals surface area (Å²) in [6.07, 6.45) is 9.54. The van der Waals surface area contributed by atoms with Gasteiger partial charge in [0.25, 0.3) is 0 Å². The number of rotatable bonds is 7. The molecule has 0 unspecified atom stereocenters. The van der Waals surface area contributed by atoms with Crippen LogP contribution in [0.25, 0.3) is 21.9 Å². The van der Waals surface area contributed by atoms with Gasteiger partial charge < -0.3 is 4.74 Å². The summed E-state index contributed by atoms with van der Waals surface area (Å²) in [5.74, 6) is 2.14. The first-order chi connectivity index (χ1) is 14.7. The van der Waals surface area contributed by atoms with Crippen molar-refractivity contribution in [1.29, 1.82) is 0 Å². The highest BCUT2D eigenvalue weighted by Crippen LogP contribution is 2.39. The summed E-state index contributed by atoms with van der Waals surface area (Å²) in [7, 11) is 0.